The SMILES string of the molecule is Cc1nnc(NC(=O)c2c(Cl)c(C)nn2C)s1. The van der Waals surface area contributed by atoms with Crippen LogP contribution >= 0.6 is 22.9 Å². The normalized spacial score (nSPS) is 10.6. The Morgan fingerprint density at radius 2 is 2.12 bits per heavy atom. The first-order chi connectivity index (χ1) is 7.99. The Kier molecular flexibility index (Phi) is 3.12. The molecule has 1 amide bonds. The number of aromatic nitrogens is 4. The average Bonchev–Trinajstić information content (AvgIpc) is 2.73. The van der Waals surface area contributed by atoms with Crippen molar-refractivity contribution in [1.82, 2.24) is 20.0 Å². The number of halogens is 1. The van der Waals surface area contributed by atoms with E-state index in [1.165, 1.54) is 16.0 Å². The molecule has 2 aromatic heterocycles. The van der Waals surface area contributed by atoms with Gasteiger partial charge in [-0.1, -0.05) is 22.9 Å². The van der Waals surface area contributed by atoms with E-state index in [-0.39, 0.29) is 5.91 Å². The average molecular weight is 272 g/mol. The maximum atomic E-state index is 12.0. The van der Waals surface area contributed by atoms with Gasteiger partial charge >= 0.3 is 0 Å². The molecule has 0 saturated carbocycles. The summed E-state index contributed by atoms with van der Waals surface area (Å²) in [5, 5.41) is 15.9. The van der Waals surface area contributed by atoms with E-state index in [4.69, 9.17) is 11.6 Å². The van der Waals surface area contributed by atoms with Gasteiger partial charge in [0.25, 0.3) is 5.91 Å². The van der Waals surface area contributed by atoms with Crippen molar-refractivity contribution in [3.8, 4) is 0 Å². The molecular weight excluding hydrogens is 262 g/mol. The van der Waals surface area contributed by atoms with Crippen LogP contribution in [0.15, 0.2) is 0 Å². The van der Waals surface area contributed by atoms with Crippen LogP contribution in [0.25, 0.3) is 0 Å². The highest BCUT2D eigenvalue weighted by molar-refractivity contribution is 7.15. The summed E-state index contributed by atoms with van der Waals surface area (Å²) in [6.45, 7) is 3.56. The van der Waals surface area contributed by atoms with Gasteiger partial charge in [-0.05, 0) is 13.8 Å². The molecule has 0 radical (unpaired) electrons. The number of carbonyl (C=O) groups excluding carboxylic acids is 1. The van der Waals surface area contributed by atoms with Crippen LogP contribution in [0, 0.1) is 13.8 Å². The molecule has 0 aliphatic carbocycles. The predicted octanol–water partition coefficient (Wildman–Crippen LogP) is 1.79. The molecule has 0 fully saturated rings. The third kappa shape index (κ3) is 2.29. The minimum absolute atomic E-state index is 0.317. The van der Waals surface area contributed by atoms with Crippen LogP contribution in [-0.2, 0) is 7.05 Å². The second-order valence-electron chi connectivity index (χ2n) is 3.45. The maximum absolute atomic E-state index is 12.0. The van der Waals surface area contributed by atoms with E-state index in [2.05, 4.69) is 20.6 Å². The monoisotopic (exact) mass is 271 g/mol. The van der Waals surface area contributed by atoms with E-state index in [0.717, 1.165) is 5.01 Å². The summed E-state index contributed by atoms with van der Waals surface area (Å²) < 4.78 is 1.45. The fraction of sp³-hybridized carbons (Fsp3) is 0.333. The number of nitrogens with one attached hydrogen (secondary N) is 1. The molecule has 0 atom stereocenters. The zero-order chi connectivity index (χ0) is 12.6. The van der Waals surface area contributed by atoms with Crippen molar-refractivity contribution in [3.63, 3.8) is 0 Å². The number of hydrogen-bond acceptors (Lipinski definition) is 5. The molecule has 8 heteroatoms. The van der Waals surface area contributed by atoms with E-state index < -0.39 is 0 Å². The first-order valence-electron chi connectivity index (χ1n) is 4.79. The molecule has 90 valence electrons. The molecule has 2 aromatic rings. The van der Waals surface area contributed by atoms with Crippen molar-refractivity contribution in [2.24, 2.45) is 7.05 Å². The van der Waals surface area contributed by atoms with Crippen molar-refractivity contribution in [3.05, 3.63) is 21.4 Å². The lowest BCUT2D eigenvalue weighted by atomic mass is 10.3. The van der Waals surface area contributed by atoms with Gasteiger partial charge < -0.3 is 0 Å². The molecule has 0 bridgehead atoms. The molecule has 0 aromatic carbocycles. The van der Waals surface area contributed by atoms with Gasteiger partial charge in [0.1, 0.15) is 10.7 Å². The summed E-state index contributed by atoms with van der Waals surface area (Å²) in [6, 6.07) is 0. The van der Waals surface area contributed by atoms with Gasteiger partial charge in [-0.2, -0.15) is 5.10 Å². The predicted molar refractivity (Wildman–Crippen MR) is 65.6 cm³/mol. The molecule has 0 spiro atoms. The zero-order valence-corrected chi connectivity index (χ0v) is 11.1. The maximum Gasteiger partial charge on any atom is 0.277 e. The summed E-state index contributed by atoms with van der Waals surface area (Å²) >= 11 is 7.31. The third-order valence-corrected chi connectivity index (χ3v) is 3.32. The van der Waals surface area contributed by atoms with Crippen LogP contribution in [0.1, 0.15) is 21.2 Å². The Bertz CT molecular complexity index is 576. The molecule has 0 aliphatic rings. The fourth-order valence-electron chi connectivity index (χ4n) is 1.38. The highest BCUT2D eigenvalue weighted by Gasteiger charge is 2.19. The highest BCUT2D eigenvalue weighted by Crippen LogP contribution is 2.21. The number of hydrogen-bond donors (Lipinski definition) is 1. The number of nitrogens with zero attached hydrogens (tertiary/aromatic N) is 4. The second kappa shape index (κ2) is 4.42. The number of rotatable bonds is 2. The number of aryl methyl sites for hydroxylation is 3. The molecule has 2 rings (SSSR count). The Hall–Kier alpha value is -1.47. The Labute approximate surface area is 107 Å². The van der Waals surface area contributed by atoms with Crippen molar-refractivity contribution in [2.45, 2.75) is 13.8 Å². The van der Waals surface area contributed by atoms with Crippen LogP contribution < -0.4 is 5.32 Å². The topological polar surface area (TPSA) is 72.7 Å². The van der Waals surface area contributed by atoms with Crippen LogP contribution in [-0.4, -0.2) is 25.9 Å². The summed E-state index contributed by atoms with van der Waals surface area (Å²) in [5.74, 6) is -0.339. The lowest BCUT2D eigenvalue weighted by molar-refractivity contribution is 0.101. The minimum Gasteiger partial charge on any atom is -0.295 e. The number of carbonyl (C=O) groups is 1. The summed E-state index contributed by atoms with van der Waals surface area (Å²) in [6.07, 6.45) is 0. The Morgan fingerprint density at radius 3 is 2.59 bits per heavy atom. The highest BCUT2D eigenvalue weighted by atomic mass is 35.5. The van der Waals surface area contributed by atoms with Crippen molar-refractivity contribution in [1.29, 1.82) is 0 Å². The standard InChI is InChI=1S/C9H10ClN5OS/c1-4-6(10)7(15(3)14-4)8(16)11-9-13-12-5(2)17-9/h1-3H3,(H,11,13,16). The van der Waals surface area contributed by atoms with E-state index in [1.54, 1.807) is 14.0 Å². The minimum atomic E-state index is -0.339. The molecule has 1 N–H and O–H groups in total. The lowest BCUT2D eigenvalue weighted by Gasteiger charge is -2.01. The summed E-state index contributed by atoms with van der Waals surface area (Å²) in [4.78, 5) is 12.0. The molecule has 2 heterocycles. The molecule has 0 unspecified atom stereocenters. The van der Waals surface area contributed by atoms with E-state index >= 15 is 0 Å². The Balaban J connectivity index is 2.26. The van der Waals surface area contributed by atoms with Crippen LogP contribution in [0.3, 0.4) is 0 Å². The zero-order valence-electron chi connectivity index (χ0n) is 9.48. The van der Waals surface area contributed by atoms with Crippen molar-refractivity contribution in [2.75, 3.05) is 5.32 Å². The first kappa shape index (κ1) is 12.0. The molecule has 0 aliphatic heterocycles. The second-order valence-corrected chi connectivity index (χ2v) is 5.01. The molecule has 17 heavy (non-hydrogen) atoms. The van der Waals surface area contributed by atoms with Gasteiger partial charge in [0.15, 0.2) is 0 Å². The molecule has 0 saturated heterocycles. The van der Waals surface area contributed by atoms with Crippen LogP contribution in [0.4, 0.5) is 5.13 Å². The van der Waals surface area contributed by atoms with Gasteiger partial charge in [-0.3, -0.25) is 14.8 Å². The van der Waals surface area contributed by atoms with E-state index in [0.29, 0.717) is 21.5 Å². The van der Waals surface area contributed by atoms with Gasteiger partial charge in [0.2, 0.25) is 5.13 Å². The van der Waals surface area contributed by atoms with Crippen molar-refractivity contribution >= 4 is 34.0 Å². The first-order valence-corrected chi connectivity index (χ1v) is 5.99. The van der Waals surface area contributed by atoms with Gasteiger partial charge in [-0.15, -0.1) is 10.2 Å². The van der Waals surface area contributed by atoms with E-state index in [1.807, 2.05) is 6.92 Å². The largest absolute Gasteiger partial charge is 0.295 e. The fourth-order valence-corrected chi connectivity index (χ4v) is 2.22. The van der Waals surface area contributed by atoms with Gasteiger partial charge in [0.05, 0.1) is 10.7 Å². The lowest BCUT2D eigenvalue weighted by Crippen LogP contribution is -2.16. The number of amides is 1. The van der Waals surface area contributed by atoms with Gasteiger partial charge in [-0.25, -0.2) is 0 Å². The van der Waals surface area contributed by atoms with Crippen LogP contribution in [0.5, 0.6) is 0 Å². The summed E-state index contributed by atoms with van der Waals surface area (Å²) in [5.41, 5.74) is 0.935. The Morgan fingerprint density at radius 1 is 1.41 bits per heavy atom. The third-order valence-electron chi connectivity index (χ3n) is 2.11. The quantitative estimate of drug-likeness (QED) is 0.904. The number of anilines is 1. The van der Waals surface area contributed by atoms with Crippen molar-refractivity contribution < 1.29 is 4.79 Å². The smallest absolute Gasteiger partial charge is 0.277 e. The summed E-state index contributed by atoms with van der Waals surface area (Å²) in [7, 11) is 1.67. The molecular formula is C9H10ClN5OS. The van der Waals surface area contributed by atoms with Crippen LogP contribution in [0.2, 0.25) is 5.02 Å². The van der Waals surface area contributed by atoms with E-state index in [9.17, 15) is 4.79 Å². The molecule has 6 nitrogen and oxygen atoms in total. The van der Waals surface area contributed by atoms with Gasteiger partial charge in [0, 0.05) is 7.05 Å².